The predicted molar refractivity (Wildman–Crippen MR) is 86.7 cm³/mol. The second kappa shape index (κ2) is 6.67. The Morgan fingerprint density at radius 1 is 1.33 bits per heavy atom. The van der Waals surface area contributed by atoms with Gasteiger partial charge in [-0.05, 0) is 46.1 Å². The molecule has 1 unspecified atom stereocenters. The van der Waals surface area contributed by atoms with E-state index in [0.29, 0.717) is 6.04 Å². The molecule has 1 atom stereocenters. The smallest absolute Gasteiger partial charge is 0.0860 e. The van der Waals surface area contributed by atoms with Crippen LogP contribution < -0.4 is 5.32 Å². The number of aryl methyl sites for hydroxylation is 2. The van der Waals surface area contributed by atoms with Gasteiger partial charge >= 0.3 is 0 Å². The van der Waals surface area contributed by atoms with E-state index in [1.54, 1.807) is 0 Å². The third kappa shape index (κ3) is 3.61. The van der Waals surface area contributed by atoms with Gasteiger partial charge in [-0.1, -0.05) is 18.0 Å². The molecule has 1 aromatic heterocycles. The number of piperidine rings is 1. The van der Waals surface area contributed by atoms with Crippen molar-refractivity contribution in [2.75, 3.05) is 13.1 Å². The highest BCUT2D eigenvalue weighted by molar-refractivity contribution is 6.31. The second-order valence-corrected chi connectivity index (χ2v) is 6.85. The van der Waals surface area contributed by atoms with Crippen molar-refractivity contribution in [1.29, 1.82) is 0 Å². The molecule has 4 nitrogen and oxygen atoms in total. The van der Waals surface area contributed by atoms with Crippen molar-refractivity contribution in [2.45, 2.75) is 71.1 Å². The first-order valence-corrected chi connectivity index (χ1v) is 8.76. The van der Waals surface area contributed by atoms with E-state index in [4.69, 9.17) is 11.6 Å². The third-order valence-corrected chi connectivity index (χ3v) is 5.23. The fraction of sp³-hybridized carbons (Fsp3) is 0.812. The third-order valence-electron chi connectivity index (χ3n) is 4.74. The van der Waals surface area contributed by atoms with E-state index in [2.05, 4.69) is 26.9 Å². The van der Waals surface area contributed by atoms with Crippen molar-refractivity contribution in [1.82, 2.24) is 20.0 Å². The van der Waals surface area contributed by atoms with Crippen LogP contribution in [-0.2, 0) is 13.1 Å². The Hall–Kier alpha value is -0.580. The van der Waals surface area contributed by atoms with Gasteiger partial charge in [0, 0.05) is 31.7 Å². The summed E-state index contributed by atoms with van der Waals surface area (Å²) in [6.45, 7) is 8.29. The highest BCUT2D eigenvalue weighted by atomic mass is 35.5. The molecule has 0 amide bonds. The number of hydrogen-bond acceptors (Lipinski definition) is 3. The standard InChI is InChI=1S/C16H27ClN4/c1-3-21-15(16(17)12(2)19-21)11-20(14-7-8-14)10-13-6-4-5-9-18-13/h13-14,18H,3-11H2,1-2H3. The van der Waals surface area contributed by atoms with Crippen LogP contribution in [0.3, 0.4) is 0 Å². The van der Waals surface area contributed by atoms with Crippen molar-refractivity contribution in [3.63, 3.8) is 0 Å². The maximum Gasteiger partial charge on any atom is 0.0860 e. The molecule has 1 aliphatic carbocycles. The molecule has 1 saturated carbocycles. The molecule has 1 saturated heterocycles. The summed E-state index contributed by atoms with van der Waals surface area (Å²) in [6, 6.07) is 1.41. The molecule has 2 aliphatic rings. The van der Waals surface area contributed by atoms with E-state index in [1.807, 2.05) is 6.92 Å². The Labute approximate surface area is 132 Å². The number of halogens is 1. The van der Waals surface area contributed by atoms with E-state index in [1.165, 1.54) is 44.3 Å². The van der Waals surface area contributed by atoms with Gasteiger partial charge in [-0.25, -0.2) is 0 Å². The van der Waals surface area contributed by atoms with E-state index in [-0.39, 0.29) is 0 Å². The molecule has 118 valence electrons. The lowest BCUT2D eigenvalue weighted by Gasteiger charge is -2.30. The summed E-state index contributed by atoms with van der Waals surface area (Å²) in [6.07, 6.45) is 6.67. The van der Waals surface area contributed by atoms with Gasteiger partial charge in [0.1, 0.15) is 0 Å². The van der Waals surface area contributed by atoms with Crippen LogP contribution in [-0.4, -0.2) is 39.9 Å². The lowest BCUT2D eigenvalue weighted by molar-refractivity contribution is 0.203. The molecule has 2 heterocycles. The van der Waals surface area contributed by atoms with Gasteiger partial charge in [0.25, 0.3) is 0 Å². The zero-order chi connectivity index (χ0) is 14.8. The Kier molecular flexibility index (Phi) is 4.87. The van der Waals surface area contributed by atoms with Gasteiger partial charge in [-0.15, -0.1) is 0 Å². The van der Waals surface area contributed by atoms with Crippen molar-refractivity contribution in [3.8, 4) is 0 Å². The Morgan fingerprint density at radius 2 is 2.14 bits per heavy atom. The summed E-state index contributed by atoms with van der Waals surface area (Å²) < 4.78 is 2.07. The molecule has 1 N–H and O–H groups in total. The quantitative estimate of drug-likeness (QED) is 0.877. The minimum absolute atomic E-state index is 0.650. The van der Waals surface area contributed by atoms with Gasteiger partial charge in [0.15, 0.2) is 0 Å². The largest absolute Gasteiger partial charge is 0.313 e. The van der Waals surface area contributed by atoms with E-state index < -0.39 is 0 Å². The van der Waals surface area contributed by atoms with E-state index in [0.717, 1.165) is 36.4 Å². The number of nitrogens with zero attached hydrogens (tertiary/aromatic N) is 3. The van der Waals surface area contributed by atoms with Crippen molar-refractivity contribution in [2.24, 2.45) is 0 Å². The molecule has 0 bridgehead atoms. The van der Waals surface area contributed by atoms with E-state index in [9.17, 15) is 0 Å². The van der Waals surface area contributed by atoms with Crippen molar-refractivity contribution >= 4 is 11.6 Å². The molecule has 1 aliphatic heterocycles. The first-order chi connectivity index (χ1) is 10.2. The second-order valence-electron chi connectivity index (χ2n) is 6.47. The molecule has 3 rings (SSSR count). The highest BCUT2D eigenvalue weighted by Crippen LogP contribution is 2.31. The van der Waals surface area contributed by atoms with Crippen molar-refractivity contribution in [3.05, 3.63) is 16.4 Å². The first kappa shape index (κ1) is 15.3. The number of nitrogens with one attached hydrogen (secondary N) is 1. The minimum atomic E-state index is 0.650. The molecular formula is C16H27ClN4. The van der Waals surface area contributed by atoms with Gasteiger partial charge in [-0.2, -0.15) is 5.10 Å². The van der Waals surface area contributed by atoms with Crippen LogP contribution in [0.4, 0.5) is 0 Å². The van der Waals surface area contributed by atoms with Crippen LogP contribution in [0.2, 0.25) is 5.02 Å². The summed E-state index contributed by atoms with van der Waals surface area (Å²) in [5, 5.41) is 9.08. The summed E-state index contributed by atoms with van der Waals surface area (Å²) in [5.74, 6) is 0. The lowest BCUT2D eigenvalue weighted by Crippen LogP contribution is -2.44. The molecule has 5 heteroatoms. The monoisotopic (exact) mass is 310 g/mol. The molecule has 2 fully saturated rings. The lowest BCUT2D eigenvalue weighted by atomic mass is 10.0. The Morgan fingerprint density at radius 3 is 2.76 bits per heavy atom. The van der Waals surface area contributed by atoms with Crippen LogP contribution in [0.1, 0.15) is 50.4 Å². The number of hydrogen-bond donors (Lipinski definition) is 1. The zero-order valence-electron chi connectivity index (χ0n) is 13.2. The molecule has 0 spiro atoms. The maximum atomic E-state index is 6.48. The number of rotatable bonds is 6. The van der Waals surface area contributed by atoms with Crippen LogP contribution in [0.15, 0.2) is 0 Å². The molecular weight excluding hydrogens is 284 g/mol. The minimum Gasteiger partial charge on any atom is -0.313 e. The fourth-order valence-corrected chi connectivity index (χ4v) is 3.55. The molecule has 21 heavy (non-hydrogen) atoms. The van der Waals surface area contributed by atoms with Crippen molar-refractivity contribution < 1.29 is 0 Å². The van der Waals surface area contributed by atoms with E-state index >= 15 is 0 Å². The van der Waals surface area contributed by atoms with Crippen LogP contribution in [0.5, 0.6) is 0 Å². The maximum absolute atomic E-state index is 6.48. The van der Waals surface area contributed by atoms with Gasteiger partial charge in [0.05, 0.1) is 16.4 Å². The van der Waals surface area contributed by atoms with Crippen LogP contribution >= 0.6 is 11.6 Å². The van der Waals surface area contributed by atoms with Crippen LogP contribution in [0.25, 0.3) is 0 Å². The average Bonchev–Trinajstić information content (AvgIpc) is 3.30. The van der Waals surface area contributed by atoms with Gasteiger partial charge in [0.2, 0.25) is 0 Å². The summed E-state index contributed by atoms with van der Waals surface area (Å²) in [5.41, 5.74) is 2.15. The predicted octanol–water partition coefficient (Wildman–Crippen LogP) is 2.97. The summed E-state index contributed by atoms with van der Waals surface area (Å²) in [4.78, 5) is 2.62. The van der Waals surface area contributed by atoms with Gasteiger partial charge in [-0.3, -0.25) is 9.58 Å². The van der Waals surface area contributed by atoms with Gasteiger partial charge < -0.3 is 5.32 Å². The number of aromatic nitrogens is 2. The fourth-order valence-electron chi connectivity index (χ4n) is 3.36. The highest BCUT2D eigenvalue weighted by Gasteiger charge is 2.32. The first-order valence-electron chi connectivity index (χ1n) is 8.38. The Balaban J connectivity index is 1.70. The topological polar surface area (TPSA) is 33.1 Å². The molecule has 1 aromatic rings. The molecule has 0 aromatic carbocycles. The summed E-state index contributed by atoms with van der Waals surface area (Å²) >= 11 is 6.48. The zero-order valence-corrected chi connectivity index (χ0v) is 14.0. The average molecular weight is 311 g/mol. The summed E-state index contributed by atoms with van der Waals surface area (Å²) in [7, 11) is 0. The van der Waals surface area contributed by atoms with Crippen LogP contribution in [0, 0.1) is 6.92 Å². The normalized spacial score (nSPS) is 23.0. The molecule has 0 radical (unpaired) electrons. The Bertz CT molecular complexity index is 475. The SMILES string of the molecule is CCn1nc(C)c(Cl)c1CN(CC1CCCCN1)C1CC1.